The molecule has 0 aromatic carbocycles. The van der Waals surface area contributed by atoms with E-state index < -0.39 is 0 Å². The minimum atomic E-state index is -0.128. The van der Waals surface area contributed by atoms with Gasteiger partial charge in [0.05, 0.1) is 18.4 Å². The number of carbonyl (C=O) groups is 2. The zero-order valence-corrected chi connectivity index (χ0v) is 19.4. The fraction of sp³-hybridized carbons (Fsp3) is 0.571. The maximum atomic E-state index is 12.7. The van der Waals surface area contributed by atoms with Crippen molar-refractivity contribution in [3.8, 4) is 0 Å². The van der Waals surface area contributed by atoms with Gasteiger partial charge in [0.1, 0.15) is 11.5 Å². The summed E-state index contributed by atoms with van der Waals surface area (Å²) < 4.78 is 5.54. The molecule has 3 aliphatic rings. The van der Waals surface area contributed by atoms with Gasteiger partial charge in [-0.2, -0.15) is 0 Å². The molecule has 158 valence electrons. The lowest BCUT2D eigenvalue weighted by atomic mass is 9.85. The van der Waals surface area contributed by atoms with Crippen LogP contribution >= 0.6 is 24.0 Å². The van der Waals surface area contributed by atoms with E-state index in [1.165, 1.54) is 4.90 Å². The van der Waals surface area contributed by atoms with Crippen molar-refractivity contribution in [2.45, 2.75) is 33.7 Å². The standard InChI is InChI=1S/C21H28N4O3.HI/c1-4-22-21(24-11-16-9-12(2)28-13(16)3)23-7-8-25-19(26)17-14-5-6-15(10-14)18(17)20(25)27;/h5-6,9,14-15,17-18H,4,7-8,10-11H2,1-3H3,(H2,22,23,24);1H. The third-order valence-corrected chi connectivity index (χ3v) is 6.09. The van der Waals surface area contributed by atoms with Crippen molar-refractivity contribution >= 4 is 41.8 Å². The molecule has 0 radical (unpaired) electrons. The fourth-order valence-electron chi connectivity index (χ4n) is 4.82. The zero-order valence-electron chi connectivity index (χ0n) is 17.1. The molecule has 2 amide bonds. The first-order valence-electron chi connectivity index (χ1n) is 10.1. The van der Waals surface area contributed by atoms with Crippen LogP contribution in [0.4, 0.5) is 0 Å². The Labute approximate surface area is 188 Å². The smallest absolute Gasteiger partial charge is 0.233 e. The molecule has 2 N–H and O–H groups in total. The number of guanidine groups is 1. The molecule has 2 fully saturated rings. The van der Waals surface area contributed by atoms with Gasteiger partial charge in [-0.3, -0.25) is 14.5 Å². The van der Waals surface area contributed by atoms with Gasteiger partial charge in [-0.15, -0.1) is 24.0 Å². The van der Waals surface area contributed by atoms with E-state index in [0.29, 0.717) is 25.6 Å². The lowest BCUT2D eigenvalue weighted by Gasteiger charge is -2.18. The molecule has 7 nitrogen and oxygen atoms in total. The highest BCUT2D eigenvalue weighted by Gasteiger charge is 2.58. The van der Waals surface area contributed by atoms with E-state index in [4.69, 9.17) is 4.42 Å². The van der Waals surface area contributed by atoms with Crippen molar-refractivity contribution in [3.63, 3.8) is 0 Å². The quantitative estimate of drug-likeness (QED) is 0.201. The monoisotopic (exact) mass is 512 g/mol. The third-order valence-electron chi connectivity index (χ3n) is 6.09. The maximum Gasteiger partial charge on any atom is 0.233 e. The van der Waals surface area contributed by atoms with E-state index in [1.807, 2.05) is 26.8 Å². The topological polar surface area (TPSA) is 86.9 Å². The van der Waals surface area contributed by atoms with Crippen LogP contribution in [0.3, 0.4) is 0 Å². The fourth-order valence-corrected chi connectivity index (χ4v) is 4.82. The van der Waals surface area contributed by atoms with Gasteiger partial charge >= 0.3 is 0 Å². The van der Waals surface area contributed by atoms with E-state index in [1.54, 1.807) is 0 Å². The molecule has 4 atom stereocenters. The van der Waals surface area contributed by atoms with Crippen LogP contribution in [-0.2, 0) is 16.1 Å². The molecule has 1 aromatic heterocycles. The number of likely N-dealkylation sites (tertiary alicyclic amines) is 1. The number of furan rings is 1. The highest BCUT2D eigenvalue weighted by Crippen LogP contribution is 2.52. The summed E-state index contributed by atoms with van der Waals surface area (Å²) in [6.07, 6.45) is 5.20. The lowest BCUT2D eigenvalue weighted by molar-refractivity contribution is -0.140. The number of fused-ring (bicyclic) bond motifs is 5. The van der Waals surface area contributed by atoms with E-state index >= 15 is 0 Å². The summed E-state index contributed by atoms with van der Waals surface area (Å²) in [4.78, 5) is 31.5. The molecule has 1 saturated carbocycles. The zero-order chi connectivity index (χ0) is 19.8. The average molecular weight is 512 g/mol. The molecule has 4 unspecified atom stereocenters. The van der Waals surface area contributed by atoms with Gasteiger partial charge in [-0.05, 0) is 45.1 Å². The van der Waals surface area contributed by atoms with E-state index in [9.17, 15) is 9.59 Å². The first-order valence-corrected chi connectivity index (χ1v) is 10.1. The molecule has 0 spiro atoms. The lowest BCUT2D eigenvalue weighted by Crippen LogP contribution is -2.43. The second-order valence-electron chi connectivity index (χ2n) is 7.89. The van der Waals surface area contributed by atoms with Crippen LogP contribution in [0.2, 0.25) is 0 Å². The number of hydrogen-bond acceptors (Lipinski definition) is 4. The highest BCUT2D eigenvalue weighted by atomic mass is 127. The number of allylic oxidation sites excluding steroid dienone is 2. The van der Waals surface area contributed by atoms with Crippen LogP contribution in [0.1, 0.15) is 30.4 Å². The Morgan fingerprint density at radius 3 is 2.38 bits per heavy atom. The number of hydrogen-bond donors (Lipinski definition) is 2. The van der Waals surface area contributed by atoms with Crippen LogP contribution in [0.5, 0.6) is 0 Å². The Hall–Kier alpha value is -1.84. The van der Waals surface area contributed by atoms with Crippen LogP contribution < -0.4 is 10.6 Å². The van der Waals surface area contributed by atoms with Gasteiger partial charge in [0.2, 0.25) is 11.8 Å². The number of imide groups is 1. The van der Waals surface area contributed by atoms with Gasteiger partial charge in [-0.25, -0.2) is 4.99 Å². The summed E-state index contributed by atoms with van der Waals surface area (Å²) in [6, 6.07) is 1.99. The molecule has 2 bridgehead atoms. The Bertz CT molecular complexity index is 817. The number of nitrogens with one attached hydrogen (secondary N) is 2. The Morgan fingerprint density at radius 2 is 1.83 bits per heavy atom. The van der Waals surface area contributed by atoms with E-state index in [2.05, 4.69) is 27.8 Å². The van der Waals surface area contributed by atoms with Crippen LogP contribution in [0.15, 0.2) is 27.6 Å². The second kappa shape index (κ2) is 8.89. The molecule has 1 aliphatic heterocycles. The van der Waals surface area contributed by atoms with Crippen molar-refractivity contribution in [1.29, 1.82) is 0 Å². The number of rotatable bonds is 6. The Balaban J connectivity index is 0.00000240. The molecule has 29 heavy (non-hydrogen) atoms. The highest BCUT2D eigenvalue weighted by molar-refractivity contribution is 14.0. The minimum absolute atomic E-state index is 0. The SMILES string of the molecule is CCNC(=NCc1cc(C)oc1C)NCCN1C(=O)C2C3C=CC(C3)C2C1=O.I. The molecule has 2 heterocycles. The number of nitrogens with zero attached hydrogens (tertiary/aromatic N) is 2. The normalized spacial score (nSPS) is 27.4. The van der Waals surface area contributed by atoms with Crippen LogP contribution in [-0.4, -0.2) is 42.3 Å². The van der Waals surface area contributed by atoms with Crippen molar-refractivity contribution in [2.24, 2.45) is 28.7 Å². The first kappa shape index (κ1) is 21.9. The molecule has 2 aliphatic carbocycles. The van der Waals surface area contributed by atoms with Crippen molar-refractivity contribution in [3.05, 3.63) is 35.3 Å². The second-order valence-corrected chi connectivity index (χ2v) is 7.89. The van der Waals surface area contributed by atoms with Crippen LogP contribution in [0.25, 0.3) is 0 Å². The molecule has 1 aromatic rings. The van der Waals surface area contributed by atoms with Gasteiger partial charge in [-0.1, -0.05) is 12.2 Å². The molecular formula is C21H29IN4O3. The maximum absolute atomic E-state index is 12.7. The largest absolute Gasteiger partial charge is 0.466 e. The molecule has 8 heteroatoms. The van der Waals surface area contributed by atoms with E-state index in [-0.39, 0.29) is 59.5 Å². The summed E-state index contributed by atoms with van der Waals surface area (Å²) in [5.74, 6) is 2.67. The molecule has 4 rings (SSSR count). The summed E-state index contributed by atoms with van der Waals surface area (Å²) in [7, 11) is 0. The van der Waals surface area contributed by atoms with E-state index in [0.717, 1.165) is 30.0 Å². The molecular weight excluding hydrogens is 483 g/mol. The predicted octanol–water partition coefficient (Wildman–Crippen LogP) is 2.38. The summed E-state index contributed by atoms with van der Waals surface area (Å²) in [5.41, 5.74) is 1.05. The minimum Gasteiger partial charge on any atom is -0.466 e. The van der Waals surface area contributed by atoms with Crippen molar-refractivity contribution in [1.82, 2.24) is 15.5 Å². The van der Waals surface area contributed by atoms with Crippen molar-refractivity contribution in [2.75, 3.05) is 19.6 Å². The average Bonchev–Trinajstić information content (AvgIpc) is 3.40. The van der Waals surface area contributed by atoms with Gasteiger partial charge in [0.25, 0.3) is 0 Å². The summed E-state index contributed by atoms with van der Waals surface area (Å²) >= 11 is 0. The number of amides is 2. The van der Waals surface area contributed by atoms with Gasteiger partial charge in [0, 0.05) is 25.2 Å². The van der Waals surface area contributed by atoms with Gasteiger partial charge < -0.3 is 15.1 Å². The summed E-state index contributed by atoms with van der Waals surface area (Å²) in [6.45, 7) is 7.96. The first-order chi connectivity index (χ1) is 13.5. The van der Waals surface area contributed by atoms with Crippen LogP contribution in [0, 0.1) is 37.5 Å². The number of aliphatic imine (C=N–C) groups is 1. The number of aryl methyl sites for hydroxylation is 2. The summed E-state index contributed by atoms with van der Waals surface area (Å²) in [5, 5.41) is 6.44. The van der Waals surface area contributed by atoms with Crippen molar-refractivity contribution < 1.29 is 14.0 Å². The molecule has 1 saturated heterocycles. The number of halogens is 1. The van der Waals surface area contributed by atoms with Gasteiger partial charge in [0.15, 0.2) is 5.96 Å². The third kappa shape index (κ3) is 4.08. The Kier molecular flexibility index (Phi) is 6.70. The Morgan fingerprint density at radius 1 is 1.17 bits per heavy atom. The predicted molar refractivity (Wildman–Crippen MR) is 121 cm³/mol. The number of carbonyl (C=O) groups excluding carboxylic acids is 2.